The Kier molecular flexibility index (Phi) is 4.30. The van der Waals surface area contributed by atoms with Gasteiger partial charge in [0.25, 0.3) is 5.56 Å². The van der Waals surface area contributed by atoms with E-state index in [1.807, 2.05) is 38.1 Å². The van der Waals surface area contributed by atoms with Gasteiger partial charge in [0.2, 0.25) is 0 Å². The van der Waals surface area contributed by atoms with Crippen molar-refractivity contribution in [3.8, 4) is 0 Å². The Labute approximate surface area is 139 Å². The van der Waals surface area contributed by atoms with E-state index < -0.39 is 0 Å². The molecule has 118 valence electrons. The van der Waals surface area contributed by atoms with E-state index in [2.05, 4.69) is 15.3 Å². The number of pyridine rings is 1. The van der Waals surface area contributed by atoms with Gasteiger partial charge < -0.3 is 5.32 Å². The van der Waals surface area contributed by atoms with Gasteiger partial charge in [-0.25, -0.2) is 4.98 Å². The van der Waals surface area contributed by atoms with E-state index in [0.29, 0.717) is 17.4 Å². The van der Waals surface area contributed by atoms with Crippen molar-refractivity contribution in [2.75, 3.05) is 5.32 Å². The molecule has 0 fully saturated rings. The fraction of sp³-hybridized carbons (Fsp3) is 0.235. The summed E-state index contributed by atoms with van der Waals surface area (Å²) >= 11 is 6.16. The SMILES string of the molecule is CC(C)n1c(=O)c(NCc2ccccc2Cl)nc2ccncc21. The smallest absolute Gasteiger partial charge is 0.294 e. The summed E-state index contributed by atoms with van der Waals surface area (Å²) < 4.78 is 1.70. The average Bonchev–Trinajstić information content (AvgIpc) is 2.54. The van der Waals surface area contributed by atoms with Crippen LogP contribution in [0.4, 0.5) is 5.82 Å². The van der Waals surface area contributed by atoms with Crippen LogP contribution in [0.3, 0.4) is 0 Å². The zero-order valence-corrected chi connectivity index (χ0v) is 13.7. The molecule has 5 nitrogen and oxygen atoms in total. The van der Waals surface area contributed by atoms with Gasteiger partial charge in [0.05, 0.1) is 17.2 Å². The minimum absolute atomic E-state index is 0.0121. The highest BCUT2D eigenvalue weighted by molar-refractivity contribution is 6.31. The Morgan fingerprint density at radius 2 is 2.04 bits per heavy atom. The zero-order valence-electron chi connectivity index (χ0n) is 13.0. The molecule has 1 N–H and O–H groups in total. The van der Waals surface area contributed by atoms with Crippen LogP contribution < -0.4 is 10.9 Å². The third-order valence-electron chi connectivity index (χ3n) is 3.61. The van der Waals surface area contributed by atoms with Crippen molar-refractivity contribution in [2.24, 2.45) is 0 Å². The summed E-state index contributed by atoms with van der Waals surface area (Å²) in [7, 11) is 0. The van der Waals surface area contributed by atoms with E-state index in [9.17, 15) is 4.79 Å². The Morgan fingerprint density at radius 3 is 2.78 bits per heavy atom. The molecule has 0 radical (unpaired) electrons. The standard InChI is InChI=1S/C17H17ClN4O/c1-11(2)22-15-10-19-8-7-14(15)21-16(17(22)23)20-9-12-5-3-4-6-13(12)18/h3-8,10-11H,9H2,1-2H3,(H,20,21). The molecule has 1 aromatic carbocycles. The van der Waals surface area contributed by atoms with E-state index >= 15 is 0 Å². The molecule has 0 atom stereocenters. The van der Waals surface area contributed by atoms with Crippen molar-refractivity contribution in [3.05, 3.63) is 63.7 Å². The summed E-state index contributed by atoms with van der Waals surface area (Å²) in [5.41, 5.74) is 2.22. The van der Waals surface area contributed by atoms with Crippen LogP contribution >= 0.6 is 11.6 Å². The number of aromatic nitrogens is 3. The molecule has 0 bridgehead atoms. The van der Waals surface area contributed by atoms with Crippen molar-refractivity contribution in [1.82, 2.24) is 14.5 Å². The topological polar surface area (TPSA) is 59.8 Å². The van der Waals surface area contributed by atoms with Crippen molar-refractivity contribution < 1.29 is 0 Å². The fourth-order valence-corrected chi connectivity index (χ4v) is 2.70. The second-order valence-electron chi connectivity index (χ2n) is 5.54. The molecule has 0 saturated carbocycles. The van der Waals surface area contributed by atoms with Gasteiger partial charge in [-0.05, 0) is 31.5 Å². The van der Waals surface area contributed by atoms with Crippen LogP contribution in [0.25, 0.3) is 11.0 Å². The number of rotatable bonds is 4. The fourth-order valence-electron chi connectivity index (χ4n) is 2.50. The first kappa shape index (κ1) is 15.5. The molecular formula is C17H17ClN4O. The zero-order chi connectivity index (χ0) is 16.4. The third kappa shape index (κ3) is 3.05. The molecular weight excluding hydrogens is 312 g/mol. The average molecular weight is 329 g/mol. The minimum Gasteiger partial charge on any atom is -0.361 e. The van der Waals surface area contributed by atoms with E-state index in [4.69, 9.17) is 11.6 Å². The van der Waals surface area contributed by atoms with Crippen LogP contribution in [0, 0.1) is 0 Å². The Hall–Kier alpha value is -2.40. The lowest BCUT2D eigenvalue weighted by atomic mass is 10.2. The van der Waals surface area contributed by atoms with Gasteiger partial charge in [-0.3, -0.25) is 14.3 Å². The monoisotopic (exact) mass is 328 g/mol. The minimum atomic E-state index is -0.160. The summed E-state index contributed by atoms with van der Waals surface area (Å²) in [6, 6.07) is 9.34. The number of hydrogen-bond donors (Lipinski definition) is 1. The Bertz CT molecular complexity index is 904. The van der Waals surface area contributed by atoms with Crippen molar-refractivity contribution in [1.29, 1.82) is 0 Å². The largest absolute Gasteiger partial charge is 0.361 e. The molecule has 0 aliphatic carbocycles. The summed E-state index contributed by atoms with van der Waals surface area (Å²) in [6.45, 7) is 4.37. The highest BCUT2D eigenvalue weighted by Gasteiger charge is 2.13. The molecule has 6 heteroatoms. The molecule has 0 aliphatic rings. The van der Waals surface area contributed by atoms with E-state index in [1.54, 1.807) is 23.0 Å². The molecule has 0 spiro atoms. The van der Waals surface area contributed by atoms with E-state index in [1.165, 1.54) is 0 Å². The molecule has 0 unspecified atom stereocenters. The van der Waals surface area contributed by atoms with Crippen LogP contribution in [0.2, 0.25) is 5.02 Å². The number of halogens is 1. The molecule has 2 aromatic heterocycles. The first-order chi connectivity index (χ1) is 11.1. The van der Waals surface area contributed by atoms with Crippen LogP contribution in [-0.4, -0.2) is 14.5 Å². The van der Waals surface area contributed by atoms with Gasteiger partial charge in [0, 0.05) is 23.8 Å². The van der Waals surface area contributed by atoms with Gasteiger partial charge in [-0.1, -0.05) is 29.8 Å². The molecule has 3 aromatic rings. The van der Waals surface area contributed by atoms with Crippen LogP contribution in [-0.2, 0) is 6.54 Å². The van der Waals surface area contributed by atoms with Crippen LogP contribution in [0.5, 0.6) is 0 Å². The van der Waals surface area contributed by atoms with Gasteiger partial charge in [-0.2, -0.15) is 0 Å². The van der Waals surface area contributed by atoms with Crippen LogP contribution in [0.15, 0.2) is 47.5 Å². The lowest BCUT2D eigenvalue weighted by molar-refractivity contribution is 0.598. The Morgan fingerprint density at radius 1 is 1.26 bits per heavy atom. The maximum absolute atomic E-state index is 12.7. The van der Waals surface area contributed by atoms with Crippen molar-refractivity contribution in [3.63, 3.8) is 0 Å². The molecule has 2 heterocycles. The van der Waals surface area contributed by atoms with Crippen molar-refractivity contribution >= 4 is 28.5 Å². The number of hydrogen-bond acceptors (Lipinski definition) is 4. The second-order valence-corrected chi connectivity index (χ2v) is 5.95. The molecule has 0 aliphatic heterocycles. The maximum atomic E-state index is 12.7. The normalized spacial score (nSPS) is 11.1. The van der Waals surface area contributed by atoms with Crippen LogP contribution in [0.1, 0.15) is 25.5 Å². The van der Waals surface area contributed by atoms with Gasteiger partial charge >= 0.3 is 0 Å². The highest BCUT2D eigenvalue weighted by atomic mass is 35.5. The number of nitrogens with one attached hydrogen (secondary N) is 1. The third-order valence-corrected chi connectivity index (χ3v) is 3.98. The number of fused-ring (bicyclic) bond motifs is 1. The lowest BCUT2D eigenvalue weighted by Crippen LogP contribution is -2.27. The van der Waals surface area contributed by atoms with Gasteiger partial charge in [0.15, 0.2) is 5.82 Å². The number of anilines is 1. The molecule has 23 heavy (non-hydrogen) atoms. The van der Waals surface area contributed by atoms with Crippen molar-refractivity contribution in [2.45, 2.75) is 26.4 Å². The predicted octanol–water partition coefficient (Wildman–Crippen LogP) is 3.64. The first-order valence-electron chi connectivity index (χ1n) is 7.41. The maximum Gasteiger partial charge on any atom is 0.294 e. The molecule has 3 rings (SSSR count). The second kappa shape index (κ2) is 6.38. The number of nitrogens with zero attached hydrogens (tertiary/aromatic N) is 3. The molecule has 0 saturated heterocycles. The summed E-state index contributed by atoms with van der Waals surface area (Å²) in [4.78, 5) is 21.2. The summed E-state index contributed by atoms with van der Waals surface area (Å²) in [6.07, 6.45) is 3.34. The quantitative estimate of drug-likeness (QED) is 0.794. The number of benzene rings is 1. The van der Waals surface area contributed by atoms with Gasteiger partial charge in [-0.15, -0.1) is 0 Å². The molecule has 0 amide bonds. The Balaban J connectivity index is 2.03. The summed E-state index contributed by atoms with van der Waals surface area (Å²) in [5.74, 6) is 0.317. The summed E-state index contributed by atoms with van der Waals surface area (Å²) in [5, 5.41) is 3.77. The highest BCUT2D eigenvalue weighted by Crippen LogP contribution is 2.18. The first-order valence-corrected chi connectivity index (χ1v) is 7.79. The van der Waals surface area contributed by atoms with E-state index in [-0.39, 0.29) is 11.6 Å². The lowest BCUT2D eigenvalue weighted by Gasteiger charge is -2.15. The predicted molar refractivity (Wildman–Crippen MR) is 93.0 cm³/mol. The van der Waals surface area contributed by atoms with E-state index in [0.717, 1.165) is 16.6 Å². The van der Waals surface area contributed by atoms with Gasteiger partial charge in [0.1, 0.15) is 0 Å².